The van der Waals surface area contributed by atoms with Crippen LogP contribution in [0.2, 0.25) is 0 Å². The van der Waals surface area contributed by atoms with Gasteiger partial charge in [0, 0.05) is 26.6 Å². The van der Waals surface area contributed by atoms with Gasteiger partial charge in [-0.3, -0.25) is 4.79 Å². The van der Waals surface area contributed by atoms with E-state index >= 15 is 0 Å². The highest BCUT2D eigenvalue weighted by Crippen LogP contribution is 2.13. The Morgan fingerprint density at radius 1 is 1.42 bits per heavy atom. The van der Waals surface area contributed by atoms with Crippen LogP contribution in [0.1, 0.15) is 12.0 Å². The van der Waals surface area contributed by atoms with Crippen LogP contribution in [0.25, 0.3) is 0 Å². The average Bonchev–Trinajstić information content (AvgIpc) is 2.43. The van der Waals surface area contributed by atoms with Crippen LogP contribution in [-0.2, 0) is 9.53 Å². The fourth-order valence-electron chi connectivity index (χ4n) is 1.55. The van der Waals surface area contributed by atoms with Crippen LogP contribution in [0.4, 0.5) is 5.69 Å². The lowest BCUT2D eigenvalue weighted by molar-refractivity contribution is -0.116. The van der Waals surface area contributed by atoms with Crippen LogP contribution in [0, 0.1) is 11.3 Å². The van der Waals surface area contributed by atoms with Crippen molar-refractivity contribution < 1.29 is 9.53 Å². The average molecular weight is 261 g/mol. The predicted octanol–water partition coefficient (Wildman–Crippen LogP) is 1.47. The molecule has 102 valence electrons. The Kier molecular flexibility index (Phi) is 6.58. The standard InChI is InChI=1S/C14H19N3O2/c1-17(9-10-19-2)8-7-14(18)16-13-6-4-3-5-12(13)11-15/h3-6H,7-10H2,1-2H3,(H,16,18). The van der Waals surface area contributed by atoms with E-state index < -0.39 is 0 Å². The molecule has 1 amide bonds. The zero-order chi connectivity index (χ0) is 14.1. The van der Waals surface area contributed by atoms with Gasteiger partial charge in [0.1, 0.15) is 6.07 Å². The third-order valence-electron chi connectivity index (χ3n) is 2.72. The molecule has 0 unspecified atom stereocenters. The number of hydrogen-bond donors (Lipinski definition) is 1. The minimum Gasteiger partial charge on any atom is -0.383 e. The van der Waals surface area contributed by atoms with Crippen LogP contribution in [0.5, 0.6) is 0 Å². The van der Waals surface area contributed by atoms with Gasteiger partial charge >= 0.3 is 0 Å². The maximum Gasteiger partial charge on any atom is 0.225 e. The number of carbonyl (C=O) groups is 1. The van der Waals surface area contributed by atoms with Crippen LogP contribution in [0.3, 0.4) is 0 Å². The van der Waals surface area contributed by atoms with Gasteiger partial charge in [-0.2, -0.15) is 5.26 Å². The number of nitriles is 1. The number of nitrogens with zero attached hydrogens (tertiary/aromatic N) is 2. The summed E-state index contributed by atoms with van der Waals surface area (Å²) < 4.78 is 4.97. The summed E-state index contributed by atoms with van der Waals surface area (Å²) in [5.41, 5.74) is 1.04. The van der Waals surface area contributed by atoms with Crippen LogP contribution in [0.15, 0.2) is 24.3 Å². The molecule has 0 spiro atoms. The van der Waals surface area contributed by atoms with E-state index in [0.29, 0.717) is 30.8 Å². The topological polar surface area (TPSA) is 65.4 Å². The van der Waals surface area contributed by atoms with E-state index in [1.807, 2.05) is 11.9 Å². The number of anilines is 1. The van der Waals surface area contributed by atoms with Gasteiger partial charge in [-0.25, -0.2) is 0 Å². The van der Waals surface area contributed by atoms with E-state index in [4.69, 9.17) is 10.00 Å². The molecule has 0 heterocycles. The maximum absolute atomic E-state index is 11.8. The molecule has 0 aliphatic carbocycles. The molecule has 0 radical (unpaired) electrons. The first kappa shape index (κ1) is 15.2. The number of para-hydroxylation sites is 1. The van der Waals surface area contributed by atoms with Crippen molar-refractivity contribution in [2.75, 3.05) is 39.2 Å². The summed E-state index contributed by atoms with van der Waals surface area (Å²) in [6.45, 7) is 2.10. The fourth-order valence-corrected chi connectivity index (χ4v) is 1.55. The number of nitrogens with one attached hydrogen (secondary N) is 1. The largest absolute Gasteiger partial charge is 0.383 e. The monoisotopic (exact) mass is 261 g/mol. The van der Waals surface area contributed by atoms with Crippen molar-refractivity contribution in [3.63, 3.8) is 0 Å². The van der Waals surface area contributed by atoms with Crippen molar-refractivity contribution in [2.24, 2.45) is 0 Å². The Morgan fingerprint density at radius 2 is 2.16 bits per heavy atom. The van der Waals surface area contributed by atoms with Crippen LogP contribution in [-0.4, -0.2) is 44.7 Å². The number of likely N-dealkylation sites (N-methyl/N-ethyl adjacent to an activating group) is 1. The molecule has 0 aromatic heterocycles. The first-order chi connectivity index (χ1) is 9.17. The zero-order valence-corrected chi connectivity index (χ0v) is 11.3. The molecule has 0 fully saturated rings. The first-order valence-corrected chi connectivity index (χ1v) is 6.14. The summed E-state index contributed by atoms with van der Waals surface area (Å²) in [5.74, 6) is -0.0908. The molecule has 5 nitrogen and oxygen atoms in total. The number of rotatable bonds is 7. The molecule has 19 heavy (non-hydrogen) atoms. The lowest BCUT2D eigenvalue weighted by Crippen LogP contribution is -2.27. The highest BCUT2D eigenvalue weighted by molar-refractivity contribution is 5.92. The normalized spacial score (nSPS) is 10.2. The highest BCUT2D eigenvalue weighted by Gasteiger charge is 2.07. The Hall–Kier alpha value is -1.90. The van der Waals surface area contributed by atoms with Crippen molar-refractivity contribution in [1.82, 2.24) is 4.90 Å². The van der Waals surface area contributed by atoms with Gasteiger partial charge in [-0.05, 0) is 19.2 Å². The van der Waals surface area contributed by atoms with Crippen molar-refractivity contribution in [1.29, 1.82) is 5.26 Å². The number of amides is 1. The molecule has 0 aliphatic heterocycles. The van der Waals surface area contributed by atoms with Gasteiger partial charge in [0.2, 0.25) is 5.91 Å². The molecule has 5 heteroatoms. The molecule has 0 saturated carbocycles. The van der Waals surface area contributed by atoms with Gasteiger partial charge in [0.25, 0.3) is 0 Å². The Balaban J connectivity index is 2.41. The van der Waals surface area contributed by atoms with E-state index in [1.54, 1.807) is 31.4 Å². The van der Waals surface area contributed by atoms with Crippen molar-refractivity contribution >= 4 is 11.6 Å². The van der Waals surface area contributed by atoms with Gasteiger partial charge in [-0.1, -0.05) is 12.1 Å². The van der Waals surface area contributed by atoms with Crippen molar-refractivity contribution in [2.45, 2.75) is 6.42 Å². The van der Waals surface area contributed by atoms with Gasteiger partial charge in [0.15, 0.2) is 0 Å². The number of carbonyl (C=O) groups excluding carboxylic acids is 1. The molecule has 0 saturated heterocycles. The molecule has 1 aromatic carbocycles. The third-order valence-corrected chi connectivity index (χ3v) is 2.72. The summed E-state index contributed by atoms with van der Waals surface area (Å²) in [7, 11) is 3.59. The van der Waals surface area contributed by atoms with Gasteiger partial charge in [-0.15, -0.1) is 0 Å². The summed E-state index contributed by atoms with van der Waals surface area (Å²) in [6, 6.07) is 9.02. The Bertz CT molecular complexity index is 454. The number of methoxy groups -OCH3 is 1. The van der Waals surface area contributed by atoms with Crippen LogP contribution >= 0.6 is 0 Å². The zero-order valence-electron chi connectivity index (χ0n) is 11.3. The molecular formula is C14H19N3O2. The smallest absolute Gasteiger partial charge is 0.225 e. The molecule has 1 aromatic rings. The lowest BCUT2D eigenvalue weighted by atomic mass is 10.2. The highest BCUT2D eigenvalue weighted by atomic mass is 16.5. The quantitative estimate of drug-likeness (QED) is 0.807. The molecule has 0 atom stereocenters. The second-order valence-corrected chi connectivity index (χ2v) is 4.25. The predicted molar refractivity (Wildman–Crippen MR) is 73.8 cm³/mol. The summed E-state index contributed by atoms with van der Waals surface area (Å²) in [6.07, 6.45) is 0.389. The summed E-state index contributed by atoms with van der Waals surface area (Å²) in [5, 5.41) is 11.7. The minimum atomic E-state index is -0.0908. The fraction of sp³-hybridized carbons (Fsp3) is 0.429. The Morgan fingerprint density at radius 3 is 2.84 bits per heavy atom. The molecular weight excluding hydrogens is 242 g/mol. The van der Waals surface area contributed by atoms with Gasteiger partial charge < -0.3 is 15.0 Å². The van der Waals surface area contributed by atoms with Crippen molar-refractivity contribution in [3.8, 4) is 6.07 Å². The molecule has 0 aliphatic rings. The first-order valence-electron chi connectivity index (χ1n) is 6.14. The van der Waals surface area contributed by atoms with E-state index in [1.165, 1.54) is 0 Å². The van der Waals surface area contributed by atoms with Crippen LogP contribution < -0.4 is 5.32 Å². The third kappa shape index (κ3) is 5.51. The number of benzene rings is 1. The second kappa shape index (κ2) is 8.25. The molecule has 0 bridgehead atoms. The number of hydrogen-bond acceptors (Lipinski definition) is 4. The van der Waals surface area contributed by atoms with E-state index in [0.717, 1.165) is 6.54 Å². The Labute approximate surface area is 113 Å². The molecule has 1 N–H and O–H groups in total. The van der Waals surface area contributed by atoms with Gasteiger partial charge in [0.05, 0.1) is 17.9 Å². The number of ether oxygens (including phenoxy) is 1. The van der Waals surface area contributed by atoms with Crippen molar-refractivity contribution in [3.05, 3.63) is 29.8 Å². The molecule has 1 rings (SSSR count). The maximum atomic E-state index is 11.8. The van der Waals surface area contributed by atoms with E-state index in [9.17, 15) is 4.79 Å². The minimum absolute atomic E-state index is 0.0908. The summed E-state index contributed by atoms with van der Waals surface area (Å²) >= 11 is 0. The summed E-state index contributed by atoms with van der Waals surface area (Å²) in [4.78, 5) is 13.8. The lowest BCUT2D eigenvalue weighted by Gasteiger charge is -2.15. The van der Waals surface area contributed by atoms with E-state index in [2.05, 4.69) is 11.4 Å². The second-order valence-electron chi connectivity index (χ2n) is 4.25. The SMILES string of the molecule is COCCN(C)CCC(=O)Nc1ccccc1C#N. The van der Waals surface area contributed by atoms with E-state index in [-0.39, 0.29) is 5.91 Å².